The normalized spacial score (nSPS) is 15.0. The molecule has 0 unspecified atom stereocenters. The molecule has 9 heteroatoms. The minimum absolute atomic E-state index is 0.171. The van der Waals surface area contributed by atoms with Crippen LogP contribution in [0.25, 0.3) is 11.0 Å². The molecule has 1 saturated heterocycles. The number of amides is 1. The summed E-state index contributed by atoms with van der Waals surface area (Å²) in [5.74, 6) is -0.171. The molecule has 29 heavy (non-hydrogen) atoms. The molecule has 0 spiro atoms. The number of thiazole rings is 1. The third-order valence-electron chi connectivity index (χ3n) is 5.24. The first-order valence-corrected chi connectivity index (χ1v) is 10.8. The van der Waals surface area contributed by atoms with E-state index in [2.05, 4.69) is 27.6 Å². The number of hydrogen-bond donors (Lipinski definition) is 2. The molecule has 4 heterocycles. The standard InChI is InChI=1S/C20H26N6O2S/c1-4-26-19-16(10-22-26)18(25-14-5-7-28-8-6-14)15(12(2)23-19)9-21-20(27)17-11-29-13(3)24-17/h10-11,14H,4-9H2,1-3H3,(H,21,27)(H,23,25). The SMILES string of the molecule is CCn1ncc2c(NC3CCOCC3)c(CNC(=O)c3csc(C)n3)c(C)nc21. The molecule has 0 bridgehead atoms. The van der Waals surface area contributed by atoms with Crippen LogP contribution in [0.3, 0.4) is 0 Å². The zero-order chi connectivity index (χ0) is 20.4. The van der Waals surface area contributed by atoms with Gasteiger partial charge in [0.2, 0.25) is 0 Å². The lowest BCUT2D eigenvalue weighted by Gasteiger charge is -2.26. The Morgan fingerprint density at radius 3 is 2.79 bits per heavy atom. The molecule has 0 saturated carbocycles. The number of carbonyl (C=O) groups is 1. The Hall–Kier alpha value is -2.52. The molecule has 4 rings (SSSR count). The average molecular weight is 415 g/mol. The Kier molecular flexibility index (Phi) is 5.77. The number of pyridine rings is 1. The van der Waals surface area contributed by atoms with Crippen molar-refractivity contribution in [2.75, 3.05) is 18.5 Å². The largest absolute Gasteiger partial charge is 0.381 e. The first-order valence-electron chi connectivity index (χ1n) is 9.96. The molecule has 154 valence electrons. The predicted molar refractivity (Wildman–Crippen MR) is 113 cm³/mol. The molecule has 1 aliphatic heterocycles. The number of nitrogens with one attached hydrogen (secondary N) is 2. The summed E-state index contributed by atoms with van der Waals surface area (Å²) in [5, 5.41) is 14.8. The van der Waals surface area contributed by atoms with Crippen LogP contribution in [0.5, 0.6) is 0 Å². The number of anilines is 1. The van der Waals surface area contributed by atoms with Crippen LogP contribution in [0.1, 0.15) is 46.5 Å². The van der Waals surface area contributed by atoms with Gasteiger partial charge in [0.05, 0.1) is 22.3 Å². The van der Waals surface area contributed by atoms with Gasteiger partial charge >= 0.3 is 0 Å². The maximum atomic E-state index is 12.5. The summed E-state index contributed by atoms with van der Waals surface area (Å²) >= 11 is 1.47. The monoisotopic (exact) mass is 414 g/mol. The Labute approximate surface area is 173 Å². The average Bonchev–Trinajstić information content (AvgIpc) is 3.34. The predicted octanol–water partition coefficient (Wildman–Crippen LogP) is 3.05. The summed E-state index contributed by atoms with van der Waals surface area (Å²) in [4.78, 5) is 21.6. The van der Waals surface area contributed by atoms with Crippen molar-refractivity contribution in [2.24, 2.45) is 0 Å². The fourth-order valence-electron chi connectivity index (χ4n) is 3.63. The topological polar surface area (TPSA) is 94.0 Å². The lowest BCUT2D eigenvalue weighted by molar-refractivity contribution is 0.0904. The van der Waals surface area contributed by atoms with Gasteiger partial charge in [0.25, 0.3) is 5.91 Å². The van der Waals surface area contributed by atoms with Crippen molar-refractivity contribution in [3.63, 3.8) is 0 Å². The van der Waals surface area contributed by atoms with E-state index in [0.717, 1.165) is 65.6 Å². The minimum atomic E-state index is -0.171. The van der Waals surface area contributed by atoms with Gasteiger partial charge in [0.15, 0.2) is 5.65 Å². The molecule has 3 aromatic heterocycles. The van der Waals surface area contributed by atoms with Crippen LogP contribution in [-0.4, -0.2) is 44.9 Å². The minimum Gasteiger partial charge on any atom is -0.381 e. The van der Waals surface area contributed by atoms with E-state index >= 15 is 0 Å². The van der Waals surface area contributed by atoms with Crippen LogP contribution in [-0.2, 0) is 17.8 Å². The smallest absolute Gasteiger partial charge is 0.271 e. The molecule has 3 aromatic rings. The van der Waals surface area contributed by atoms with Gasteiger partial charge in [-0.15, -0.1) is 11.3 Å². The first kappa shape index (κ1) is 19.8. The Balaban J connectivity index is 1.66. The van der Waals surface area contributed by atoms with Gasteiger partial charge in [0, 0.05) is 49.0 Å². The zero-order valence-electron chi connectivity index (χ0n) is 17.0. The second-order valence-electron chi connectivity index (χ2n) is 7.21. The molecule has 0 aromatic carbocycles. The lowest BCUT2D eigenvalue weighted by Crippen LogP contribution is -2.30. The molecule has 1 aliphatic rings. The van der Waals surface area contributed by atoms with Crippen LogP contribution >= 0.6 is 11.3 Å². The van der Waals surface area contributed by atoms with Crippen LogP contribution in [0.15, 0.2) is 11.6 Å². The summed E-state index contributed by atoms with van der Waals surface area (Å²) in [7, 11) is 0. The zero-order valence-corrected chi connectivity index (χ0v) is 17.8. The molecule has 0 atom stereocenters. The van der Waals surface area contributed by atoms with Gasteiger partial charge < -0.3 is 15.4 Å². The number of hydrogen-bond acceptors (Lipinski definition) is 7. The quantitative estimate of drug-likeness (QED) is 0.644. The fourth-order valence-corrected chi connectivity index (χ4v) is 4.22. The van der Waals surface area contributed by atoms with E-state index in [-0.39, 0.29) is 5.91 Å². The first-order chi connectivity index (χ1) is 14.1. The third-order valence-corrected chi connectivity index (χ3v) is 6.01. The van der Waals surface area contributed by atoms with Crippen molar-refractivity contribution < 1.29 is 9.53 Å². The molecule has 0 radical (unpaired) electrons. The van der Waals surface area contributed by atoms with Crippen molar-refractivity contribution in [1.82, 2.24) is 25.1 Å². The third kappa shape index (κ3) is 4.11. The summed E-state index contributed by atoms with van der Waals surface area (Å²) in [5.41, 5.74) is 4.20. The molecule has 1 fully saturated rings. The van der Waals surface area contributed by atoms with Gasteiger partial charge in [-0.3, -0.25) is 4.79 Å². The van der Waals surface area contributed by atoms with Gasteiger partial charge in [0.1, 0.15) is 5.69 Å². The van der Waals surface area contributed by atoms with Crippen LogP contribution < -0.4 is 10.6 Å². The highest BCUT2D eigenvalue weighted by Crippen LogP contribution is 2.30. The highest BCUT2D eigenvalue weighted by Gasteiger charge is 2.21. The van der Waals surface area contributed by atoms with Gasteiger partial charge in [-0.2, -0.15) is 5.10 Å². The highest BCUT2D eigenvalue weighted by molar-refractivity contribution is 7.09. The number of aromatic nitrogens is 4. The summed E-state index contributed by atoms with van der Waals surface area (Å²) in [6.07, 6.45) is 3.77. The summed E-state index contributed by atoms with van der Waals surface area (Å²) in [6.45, 7) is 8.58. The van der Waals surface area contributed by atoms with Crippen LogP contribution in [0, 0.1) is 13.8 Å². The fraction of sp³-hybridized carbons (Fsp3) is 0.500. The molecule has 1 amide bonds. The molecule has 0 aliphatic carbocycles. The number of aryl methyl sites for hydroxylation is 3. The number of rotatable bonds is 6. The van der Waals surface area contributed by atoms with E-state index in [9.17, 15) is 4.79 Å². The van der Waals surface area contributed by atoms with E-state index in [1.54, 1.807) is 5.38 Å². The Bertz CT molecular complexity index is 1020. The molecular formula is C20H26N6O2S. The lowest BCUT2D eigenvalue weighted by atomic mass is 10.0. The Morgan fingerprint density at radius 1 is 1.31 bits per heavy atom. The number of nitrogens with zero attached hydrogens (tertiary/aromatic N) is 4. The van der Waals surface area contributed by atoms with Crippen molar-refractivity contribution in [3.8, 4) is 0 Å². The number of fused-ring (bicyclic) bond motifs is 1. The van der Waals surface area contributed by atoms with Gasteiger partial charge in [-0.05, 0) is 33.6 Å². The highest BCUT2D eigenvalue weighted by atomic mass is 32.1. The van der Waals surface area contributed by atoms with Crippen molar-refractivity contribution >= 4 is 34.0 Å². The van der Waals surface area contributed by atoms with E-state index < -0.39 is 0 Å². The second-order valence-corrected chi connectivity index (χ2v) is 8.28. The molecule has 8 nitrogen and oxygen atoms in total. The van der Waals surface area contributed by atoms with Crippen molar-refractivity contribution in [2.45, 2.75) is 52.7 Å². The van der Waals surface area contributed by atoms with Crippen molar-refractivity contribution in [1.29, 1.82) is 0 Å². The van der Waals surface area contributed by atoms with E-state index in [1.807, 2.05) is 24.7 Å². The van der Waals surface area contributed by atoms with Crippen molar-refractivity contribution in [3.05, 3.63) is 33.5 Å². The number of carbonyl (C=O) groups excluding carboxylic acids is 1. The summed E-state index contributed by atoms with van der Waals surface area (Å²) < 4.78 is 7.40. The van der Waals surface area contributed by atoms with E-state index in [4.69, 9.17) is 9.72 Å². The summed E-state index contributed by atoms with van der Waals surface area (Å²) in [6, 6.07) is 0.328. The molecular weight excluding hydrogens is 388 g/mol. The molecule has 2 N–H and O–H groups in total. The van der Waals surface area contributed by atoms with Gasteiger partial charge in [-0.25, -0.2) is 14.6 Å². The van der Waals surface area contributed by atoms with Crippen LogP contribution in [0.4, 0.5) is 5.69 Å². The van der Waals surface area contributed by atoms with Gasteiger partial charge in [-0.1, -0.05) is 0 Å². The second kappa shape index (κ2) is 8.46. The van der Waals surface area contributed by atoms with E-state index in [0.29, 0.717) is 18.3 Å². The van der Waals surface area contributed by atoms with E-state index in [1.165, 1.54) is 11.3 Å². The maximum Gasteiger partial charge on any atom is 0.271 e. The maximum absolute atomic E-state index is 12.5. The number of ether oxygens (including phenoxy) is 1. The van der Waals surface area contributed by atoms with Crippen LogP contribution in [0.2, 0.25) is 0 Å². The Morgan fingerprint density at radius 2 is 2.10 bits per heavy atom.